The van der Waals surface area contributed by atoms with Crippen molar-refractivity contribution in [1.29, 1.82) is 0 Å². The largest absolute Gasteiger partial charge is 0.496 e. The first-order valence-corrected chi connectivity index (χ1v) is 11.3. The lowest BCUT2D eigenvalue weighted by atomic mass is 10.1. The number of rotatable bonds is 7. The Bertz CT molecular complexity index is 1170. The normalized spacial score (nSPS) is 14.0. The van der Waals surface area contributed by atoms with Crippen LogP contribution in [0.5, 0.6) is 5.75 Å². The van der Waals surface area contributed by atoms with Crippen LogP contribution in [0.25, 0.3) is 11.4 Å². The zero-order valence-electron chi connectivity index (χ0n) is 16.9. The van der Waals surface area contributed by atoms with Crippen LogP contribution < -0.4 is 9.46 Å². The number of benzene rings is 2. The number of nitrogens with zero attached hydrogens (tertiary/aromatic N) is 3. The van der Waals surface area contributed by atoms with E-state index in [2.05, 4.69) is 14.9 Å². The first kappa shape index (κ1) is 21.0. The van der Waals surface area contributed by atoms with Crippen molar-refractivity contribution in [2.45, 2.75) is 24.3 Å². The maximum atomic E-state index is 12.8. The number of hydrogen-bond acceptors (Lipinski definition) is 7. The van der Waals surface area contributed by atoms with Crippen LogP contribution in [0, 0.1) is 0 Å². The first-order valence-electron chi connectivity index (χ1n) is 9.83. The van der Waals surface area contributed by atoms with Crippen molar-refractivity contribution in [3.8, 4) is 17.1 Å². The van der Waals surface area contributed by atoms with Gasteiger partial charge in [0.05, 0.1) is 24.1 Å². The summed E-state index contributed by atoms with van der Waals surface area (Å²) in [4.78, 5) is 18.7. The third-order valence-corrected chi connectivity index (χ3v) is 6.42. The minimum atomic E-state index is -3.92. The van der Waals surface area contributed by atoms with Crippen LogP contribution in [0.4, 0.5) is 0 Å². The highest BCUT2D eigenvalue weighted by Crippen LogP contribution is 2.25. The van der Waals surface area contributed by atoms with E-state index in [1.807, 2.05) is 30.3 Å². The van der Waals surface area contributed by atoms with Crippen molar-refractivity contribution in [2.75, 3.05) is 20.2 Å². The van der Waals surface area contributed by atoms with Crippen molar-refractivity contribution in [3.05, 3.63) is 60.0 Å². The van der Waals surface area contributed by atoms with E-state index in [1.165, 1.54) is 25.3 Å². The topological polar surface area (TPSA) is 115 Å². The number of aromatic nitrogens is 2. The maximum Gasteiger partial charge on any atom is 0.257 e. The lowest BCUT2D eigenvalue weighted by Crippen LogP contribution is -2.29. The van der Waals surface area contributed by atoms with Crippen molar-refractivity contribution >= 4 is 15.9 Å². The van der Waals surface area contributed by atoms with Gasteiger partial charge in [-0.2, -0.15) is 4.98 Å². The Morgan fingerprint density at radius 3 is 2.61 bits per heavy atom. The van der Waals surface area contributed by atoms with Gasteiger partial charge in [0.2, 0.25) is 21.7 Å². The van der Waals surface area contributed by atoms with E-state index in [1.54, 1.807) is 4.90 Å². The van der Waals surface area contributed by atoms with Crippen LogP contribution in [-0.4, -0.2) is 49.6 Å². The van der Waals surface area contributed by atoms with Gasteiger partial charge in [0.15, 0.2) is 0 Å². The molecular formula is C21H22N4O5S. The zero-order chi connectivity index (χ0) is 21.8. The fourth-order valence-electron chi connectivity index (χ4n) is 3.38. The molecule has 0 atom stereocenters. The van der Waals surface area contributed by atoms with Crippen molar-refractivity contribution < 1.29 is 22.5 Å². The highest BCUT2D eigenvalue weighted by atomic mass is 32.2. The summed E-state index contributed by atoms with van der Waals surface area (Å²) in [7, 11) is -2.48. The van der Waals surface area contributed by atoms with Crippen molar-refractivity contribution in [2.24, 2.45) is 0 Å². The van der Waals surface area contributed by atoms with Crippen LogP contribution in [-0.2, 0) is 16.6 Å². The second-order valence-corrected chi connectivity index (χ2v) is 8.83. The number of carbonyl (C=O) groups is 1. The van der Waals surface area contributed by atoms with Crippen LogP contribution in [0.3, 0.4) is 0 Å². The molecule has 1 saturated heterocycles. The number of amides is 1. The summed E-state index contributed by atoms with van der Waals surface area (Å²) in [6.45, 7) is 1.12. The molecule has 10 heteroatoms. The number of methoxy groups -OCH3 is 1. The molecule has 0 spiro atoms. The molecule has 1 aromatic heterocycles. The summed E-state index contributed by atoms with van der Waals surface area (Å²) >= 11 is 0. The molecule has 1 N–H and O–H groups in total. The van der Waals surface area contributed by atoms with Gasteiger partial charge in [-0.25, -0.2) is 13.1 Å². The predicted molar refractivity (Wildman–Crippen MR) is 112 cm³/mol. The molecule has 1 fully saturated rings. The number of likely N-dealkylation sites (tertiary alicyclic amines) is 1. The third kappa shape index (κ3) is 4.59. The van der Waals surface area contributed by atoms with Crippen LogP contribution >= 0.6 is 0 Å². The summed E-state index contributed by atoms with van der Waals surface area (Å²) in [6.07, 6.45) is 1.87. The molecule has 2 aromatic carbocycles. The van der Waals surface area contributed by atoms with Crippen LogP contribution in [0.2, 0.25) is 0 Å². The highest BCUT2D eigenvalue weighted by molar-refractivity contribution is 7.89. The number of nitrogens with one attached hydrogen (secondary N) is 1. The molecule has 162 valence electrons. The SMILES string of the molecule is COc1ccc(S(=O)(=O)NCc2nc(-c3ccccc3)no2)cc1C(=O)N1CCCC1. The fraction of sp³-hybridized carbons (Fsp3) is 0.286. The quantitative estimate of drug-likeness (QED) is 0.598. The minimum Gasteiger partial charge on any atom is -0.496 e. The second kappa shape index (κ2) is 8.86. The molecule has 0 bridgehead atoms. The Hall–Kier alpha value is -3.24. The summed E-state index contributed by atoms with van der Waals surface area (Å²) in [5.74, 6) is 0.595. The Balaban J connectivity index is 1.51. The van der Waals surface area contributed by atoms with E-state index in [-0.39, 0.29) is 28.8 Å². The van der Waals surface area contributed by atoms with Gasteiger partial charge in [-0.3, -0.25) is 4.79 Å². The average molecular weight is 442 g/mol. The average Bonchev–Trinajstić information content (AvgIpc) is 3.50. The Morgan fingerprint density at radius 2 is 1.90 bits per heavy atom. The van der Waals surface area contributed by atoms with Crippen molar-refractivity contribution in [1.82, 2.24) is 19.8 Å². The lowest BCUT2D eigenvalue weighted by molar-refractivity contribution is 0.0789. The molecular weight excluding hydrogens is 420 g/mol. The van der Waals surface area contributed by atoms with Gasteiger partial charge < -0.3 is 14.2 Å². The van der Waals surface area contributed by atoms with E-state index in [0.717, 1.165) is 18.4 Å². The monoisotopic (exact) mass is 442 g/mol. The number of ether oxygens (including phenoxy) is 1. The highest BCUT2D eigenvalue weighted by Gasteiger charge is 2.25. The molecule has 9 nitrogen and oxygen atoms in total. The Kier molecular flexibility index (Phi) is 6.01. The number of carbonyl (C=O) groups excluding carboxylic acids is 1. The van der Waals surface area contributed by atoms with Crippen molar-refractivity contribution in [3.63, 3.8) is 0 Å². The summed E-state index contributed by atoms with van der Waals surface area (Å²) in [6, 6.07) is 13.4. The fourth-order valence-corrected chi connectivity index (χ4v) is 4.38. The minimum absolute atomic E-state index is 0.0429. The van der Waals surface area contributed by atoms with E-state index in [0.29, 0.717) is 24.7 Å². The Labute approximate surface area is 180 Å². The van der Waals surface area contributed by atoms with Gasteiger partial charge in [0, 0.05) is 18.7 Å². The van der Waals surface area contributed by atoms with E-state index >= 15 is 0 Å². The molecule has 2 heterocycles. The molecule has 1 aliphatic heterocycles. The van der Waals surface area contributed by atoms with E-state index < -0.39 is 10.0 Å². The smallest absolute Gasteiger partial charge is 0.257 e. The predicted octanol–water partition coefficient (Wildman–Crippen LogP) is 2.46. The maximum absolute atomic E-state index is 12.8. The van der Waals surface area contributed by atoms with Gasteiger partial charge in [-0.05, 0) is 31.0 Å². The Morgan fingerprint density at radius 1 is 1.16 bits per heavy atom. The lowest BCUT2D eigenvalue weighted by Gasteiger charge is -2.18. The van der Waals surface area contributed by atoms with Gasteiger partial charge in [-0.15, -0.1) is 0 Å². The molecule has 0 saturated carbocycles. The molecule has 1 amide bonds. The van der Waals surface area contributed by atoms with Gasteiger partial charge >= 0.3 is 0 Å². The molecule has 1 aliphatic rings. The molecule has 0 aliphatic carbocycles. The first-order chi connectivity index (χ1) is 15.0. The third-order valence-electron chi connectivity index (χ3n) is 5.02. The van der Waals surface area contributed by atoms with Crippen LogP contribution in [0.15, 0.2) is 57.9 Å². The van der Waals surface area contributed by atoms with Gasteiger partial charge in [0.25, 0.3) is 5.91 Å². The zero-order valence-corrected chi connectivity index (χ0v) is 17.8. The molecule has 3 aromatic rings. The molecule has 0 radical (unpaired) electrons. The summed E-state index contributed by atoms with van der Waals surface area (Å²) < 4.78 is 38.5. The van der Waals surface area contributed by atoms with Crippen LogP contribution in [0.1, 0.15) is 29.1 Å². The summed E-state index contributed by atoms with van der Waals surface area (Å²) in [5.41, 5.74) is 0.983. The molecule has 31 heavy (non-hydrogen) atoms. The summed E-state index contributed by atoms with van der Waals surface area (Å²) in [5, 5.41) is 3.88. The van der Waals surface area contributed by atoms with Gasteiger partial charge in [0.1, 0.15) is 5.75 Å². The number of hydrogen-bond donors (Lipinski definition) is 1. The second-order valence-electron chi connectivity index (χ2n) is 7.06. The van der Waals surface area contributed by atoms with E-state index in [4.69, 9.17) is 9.26 Å². The molecule has 4 rings (SSSR count). The molecule has 0 unspecified atom stereocenters. The van der Waals surface area contributed by atoms with E-state index in [9.17, 15) is 13.2 Å². The number of sulfonamides is 1. The van der Waals surface area contributed by atoms with Gasteiger partial charge in [-0.1, -0.05) is 35.5 Å². The standard InChI is InChI=1S/C21H22N4O5S/c1-29-18-10-9-16(13-17(18)21(26)25-11-5-6-12-25)31(27,28)22-14-19-23-20(24-30-19)15-7-3-2-4-8-15/h2-4,7-10,13,22H,5-6,11-12,14H2,1H3.